The predicted molar refractivity (Wildman–Crippen MR) is 97.8 cm³/mol. The second-order valence-electron chi connectivity index (χ2n) is 5.87. The Kier molecular flexibility index (Phi) is 5.52. The molecule has 0 saturated heterocycles. The number of hydrogen-bond acceptors (Lipinski definition) is 7. The van der Waals surface area contributed by atoms with E-state index in [4.69, 9.17) is 14.0 Å². The van der Waals surface area contributed by atoms with Crippen LogP contribution in [-0.2, 0) is 6.61 Å². The molecule has 2 heterocycles. The van der Waals surface area contributed by atoms with Gasteiger partial charge in [-0.05, 0) is 32.9 Å². The molecular formula is C18H19N3O4S. The number of benzene rings is 1. The van der Waals surface area contributed by atoms with E-state index in [1.165, 1.54) is 11.3 Å². The van der Waals surface area contributed by atoms with Crippen LogP contribution in [0.2, 0.25) is 0 Å². The number of amides is 1. The Bertz CT molecular complexity index is 874. The van der Waals surface area contributed by atoms with E-state index in [2.05, 4.69) is 15.5 Å². The molecule has 1 aromatic carbocycles. The van der Waals surface area contributed by atoms with Crippen molar-refractivity contribution in [1.29, 1.82) is 0 Å². The van der Waals surface area contributed by atoms with Crippen molar-refractivity contribution in [2.45, 2.75) is 33.5 Å². The number of thiazole rings is 1. The molecule has 0 fully saturated rings. The van der Waals surface area contributed by atoms with Crippen molar-refractivity contribution in [2.24, 2.45) is 0 Å². The lowest BCUT2D eigenvalue weighted by atomic mass is 10.2. The molecule has 0 atom stereocenters. The van der Waals surface area contributed by atoms with Crippen molar-refractivity contribution in [3.63, 3.8) is 0 Å². The number of hydrogen-bond donors (Lipinski definition) is 1. The Balaban J connectivity index is 1.79. The minimum atomic E-state index is -0.281. The molecule has 0 saturated carbocycles. The number of carbonyl (C=O) groups is 1. The van der Waals surface area contributed by atoms with Crippen LogP contribution < -0.4 is 14.8 Å². The van der Waals surface area contributed by atoms with E-state index in [1.54, 1.807) is 35.8 Å². The summed E-state index contributed by atoms with van der Waals surface area (Å²) in [5.74, 6) is 1.49. The van der Waals surface area contributed by atoms with E-state index in [0.29, 0.717) is 33.6 Å². The molecule has 7 nitrogen and oxygen atoms in total. The van der Waals surface area contributed by atoms with Gasteiger partial charge in [-0.15, -0.1) is 11.3 Å². The Morgan fingerprint density at radius 1 is 1.27 bits per heavy atom. The topological polar surface area (TPSA) is 86.5 Å². The summed E-state index contributed by atoms with van der Waals surface area (Å²) in [6.07, 6.45) is 1.60. The summed E-state index contributed by atoms with van der Waals surface area (Å²) in [4.78, 5) is 16.6. The Morgan fingerprint density at radius 3 is 2.73 bits per heavy atom. The third-order valence-corrected chi connectivity index (χ3v) is 3.92. The maximum Gasteiger partial charge on any atom is 0.257 e. The first kappa shape index (κ1) is 17.9. The van der Waals surface area contributed by atoms with E-state index in [-0.39, 0.29) is 18.6 Å². The molecule has 0 bridgehead atoms. The van der Waals surface area contributed by atoms with Gasteiger partial charge in [0.1, 0.15) is 29.6 Å². The minimum absolute atomic E-state index is 0.0293. The Hall–Kier alpha value is -2.87. The molecule has 2 aromatic heterocycles. The summed E-state index contributed by atoms with van der Waals surface area (Å²) in [5, 5.41) is 8.97. The van der Waals surface area contributed by atoms with Crippen molar-refractivity contribution in [1.82, 2.24) is 10.1 Å². The number of nitrogens with one attached hydrogen (secondary N) is 1. The number of rotatable bonds is 7. The van der Waals surface area contributed by atoms with Crippen molar-refractivity contribution in [3.8, 4) is 11.5 Å². The molecule has 3 aromatic rings. The molecule has 0 spiro atoms. The van der Waals surface area contributed by atoms with Gasteiger partial charge in [-0.25, -0.2) is 4.98 Å². The average Bonchev–Trinajstić information content (AvgIpc) is 3.24. The van der Waals surface area contributed by atoms with Crippen LogP contribution in [-0.4, -0.2) is 22.2 Å². The van der Waals surface area contributed by atoms with Gasteiger partial charge in [0.25, 0.3) is 5.91 Å². The van der Waals surface area contributed by atoms with Crippen molar-refractivity contribution >= 4 is 22.4 Å². The zero-order valence-electron chi connectivity index (χ0n) is 14.7. The zero-order valence-corrected chi connectivity index (χ0v) is 15.5. The highest BCUT2D eigenvalue weighted by Crippen LogP contribution is 2.26. The van der Waals surface area contributed by atoms with Gasteiger partial charge in [0, 0.05) is 29.3 Å². The largest absolute Gasteiger partial charge is 0.491 e. The SMILES string of the molecule is Cc1cc(COc2cc(OC(C)C)cc(C(=O)Nc3nccs3)c2)no1. The fourth-order valence-corrected chi connectivity index (χ4v) is 2.75. The molecule has 0 unspecified atom stereocenters. The summed E-state index contributed by atoms with van der Waals surface area (Å²) in [5.41, 5.74) is 1.09. The molecule has 136 valence electrons. The van der Waals surface area contributed by atoms with Gasteiger partial charge in [-0.1, -0.05) is 5.16 Å². The second-order valence-corrected chi connectivity index (χ2v) is 6.76. The van der Waals surface area contributed by atoms with E-state index in [9.17, 15) is 4.79 Å². The highest BCUT2D eigenvalue weighted by Gasteiger charge is 2.13. The van der Waals surface area contributed by atoms with E-state index < -0.39 is 0 Å². The van der Waals surface area contributed by atoms with Crippen LogP contribution in [0.5, 0.6) is 11.5 Å². The first-order chi connectivity index (χ1) is 12.5. The molecule has 1 N–H and O–H groups in total. The predicted octanol–water partition coefficient (Wildman–Crippen LogP) is 4.06. The third kappa shape index (κ3) is 4.82. The van der Waals surface area contributed by atoms with Gasteiger partial charge in [0.15, 0.2) is 5.13 Å². The lowest BCUT2D eigenvalue weighted by Gasteiger charge is -2.13. The molecule has 0 aliphatic carbocycles. The van der Waals surface area contributed by atoms with Crippen molar-refractivity contribution < 1.29 is 18.8 Å². The lowest BCUT2D eigenvalue weighted by Crippen LogP contribution is -2.13. The quantitative estimate of drug-likeness (QED) is 0.672. The van der Waals surface area contributed by atoms with Gasteiger partial charge in [0.2, 0.25) is 0 Å². The van der Waals surface area contributed by atoms with Crippen molar-refractivity contribution in [3.05, 3.63) is 52.9 Å². The average molecular weight is 373 g/mol. The summed E-state index contributed by atoms with van der Waals surface area (Å²) in [6, 6.07) is 6.87. The van der Waals surface area contributed by atoms with Crippen LogP contribution in [0.4, 0.5) is 5.13 Å². The Labute approximate surface area is 154 Å². The summed E-state index contributed by atoms with van der Waals surface area (Å²) >= 11 is 1.35. The number of aromatic nitrogens is 2. The highest BCUT2D eigenvalue weighted by atomic mass is 32.1. The van der Waals surface area contributed by atoms with Crippen LogP contribution in [0.15, 0.2) is 40.4 Å². The Morgan fingerprint density at radius 2 is 2.08 bits per heavy atom. The van der Waals surface area contributed by atoms with Gasteiger partial charge in [0.05, 0.1) is 6.10 Å². The molecular weight excluding hydrogens is 354 g/mol. The maximum atomic E-state index is 12.5. The molecule has 3 rings (SSSR count). The number of anilines is 1. The summed E-state index contributed by atoms with van der Waals surface area (Å²) in [6.45, 7) is 5.88. The molecule has 0 aliphatic heterocycles. The van der Waals surface area contributed by atoms with Crippen molar-refractivity contribution in [2.75, 3.05) is 5.32 Å². The standard InChI is InChI=1S/C18H19N3O4S/c1-11(2)24-16-8-13(17(22)20-18-19-4-5-26-18)7-15(9-16)23-10-14-6-12(3)25-21-14/h4-9,11H,10H2,1-3H3,(H,19,20,22). The van der Waals surface area contributed by atoms with Gasteiger partial charge in [-0.3, -0.25) is 10.1 Å². The number of carbonyl (C=O) groups excluding carboxylic acids is 1. The highest BCUT2D eigenvalue weighted by molar-refractivity contribution is 7.13. The van der Waals surface area contributed by atoms with Crippen LogP contribution in [0.1, 0.15) is 35.7 Å². The van der Waals surface area contributed by atoms with Crippen LogP contribution in [0.25, 0.3) is 0 Å². The van der Waals surface area contributed by atoms with E-state index >= 15 is 0 Å². The van der Waals surface area contributed by atoms with Crippen LogP contribution >= 0.6 is 11.3 Å². The van der Waals surface area contributed by atoms with Crippen LogP contribution in [0, 0.1) is 6.92 Å². The third-order valence-electron chi connectivity index (χ3n) is 3.23. The first-order valence-electron chi connectivity index (χ1n) is 8.07. The number of nitrogens with zero attached hydrogens (tertiary/aromatic N) is 2. The number of aryl methyl sites for hydroxylation is 1. The zero-order chi connectivity index (χ0) is 18.5. The summed E-state index contributed by atoms with van der Waals surface area (Å²) in [7, 11) is 0. The normalized spacial score (nSPS) is 10.8. The monoisotopic (exact) mass is 373 g/mol. The first-order valence-corrected chi connectivity index (χ1v) is 8.95. The van der Waals surface area contributed by atoms with Gasteiger partial charge < -0.3 is 14.0 Å². The maximum absolute atomic E-state index is 12.5. The molecule has 8 heteroatoms. The lowest BCUT2D eigenvalue weighted by molar-refractivity contribution is 0.102. The molecule has 26 heavy (non-hydrogen) atoms. The number of ether oxygens (including phenoxy) is 2. The van der Waals surface area contributed by atoms with Gasteiger partial charge in [-0.2, -0.15) is 0 Å². The van der Waals surface area contributed by atoms with Crippen LogP contribution in [0.3, 0.4) is 0 Å². The summed E-state index contributed by atoms with van der Waals surface area (Å²) < 4.78 is 16.5. The fourth-order valence-electron chi connectivity index (χ4n) is 2.22. The van der Waals surface area contributed by atoms with Gasteiger partial charge >= 0.3 is 0 Å². The molecule has 0 aliphatic rings. The molecule has 1 amide bonds. The minimum Gasteiger partial charge on any atom is -0.491 e. The van der Waals surface area contributed by atoms with E-state index in [1.807, 2.05) is 20.8 Å². The second kappa shape index (κ2) is 8.01. The smallest absolute Gasteiger partial charge is 0.257 e. The van der Waals surface area contributed by atoms with E-state index in [0.717, 1.165) is 0 Å². The fraction of sp³-hybridized carbons (Fsp3) is 0.278. The molecule has 0 radical (unpaired) electrons.